The molecular weight excluding hydrogens is 334 g/mol. The number of hydrogen-bond acceptors (Lipinski definition) is 1. The average molecular weight is 372 g/mol. The normalized spacial score (nSPS) is 30.1. The lowest BCUT2D eigenvalue weighted by molar-refractivity contribution is -1.02. The molecule has 0 aromatic heterocycles. The van der Waals surface area contributed by atoms with E-state index in [4.69, 9.17) is 0 Å². The lowest BCUT2D eigenvalue weighted by Gasteiger charge is -2.34. The van der Waals surface area contributed by atoms with Crippen LogP contribution in [0.15, 0.2) is 36.4 Å². The number of hydrogen-bond donors (Lipinski definition) is 3. The predicted octanol–water partition coefficient (Wildman–Crippen LogP) is 0.567. The van der Waals surface area contributed by atoms with Crippen LogP contribution in [0.5, 0.6) is 0 Å². The monoisotopic (exact) mass is 371 g/mol. The summed E-state index contributed by atoms with van der Waals surface area (Å²) in [5.74, 6) is 0.888. The number of amides is 1. The fraction of sp³-hybridized carbons (Fsp3) is 0.609. The summed E-state index contributed by atoms with van der Waals surface area (Å²) in [4.78, 5) is 15.8. The van der Waals surface area contributed by atoms with Crippen LogP contribution in [-0.2, 0) is 4.79 Å². The van der Waals surface area contributed by atoms with Gasteiger partial charge in [-0.15, -0.1) is 0 Å². The van der Waals surface area contributed by atoms with Crippen LogP contribution < -0.4 is 15.1 Å². The SMILES string of the molecule is C[C@@H]1CCCC[C@H]1NC(=O)[C@@H](C)[NH+]1CC[NH+](C/C=C/c2ccccc2)CC1. The number of benzene rings is 1. The van der Waals surface area contributed by atoms with Crippen molar-refractivity contribution in [1.29, 1.82) is 0 Å². The van der Waals surface area contributed by atoms with Gasteiger partial charge in [0.25, 0.3) is 5.91 Å². The second kappa shape index (κ2) is 10.0. The van der Waals surface area contributed by atoms with Gasteiger partial charge in [0, 0.05) is 6.04 Å². The molecule has 1 heterocycles. The van der Waals surface area contributed by atoms with Gasteiger partial charge in [0.1, 0.15) is 26.2 Å². The molecule has 0 radical (unpaired) electrons. The van der Waals surface area contributed by atoms with Crippen molar-refractivity contribution in [2.75, 3.05) is 32.7 Å². The Kier molecular flexibility index (Phi) is 7.48. The van der Waals surface area contributed by atoms with E-state index in [-0.39, 0.29) is 11.9 Å². The summed E-state index contributed by atoms with van der Waals surface area (Å²) >= 11 is 0. The molecule has 3 atom stereocenters. The third-order valence-electron chi connectivity index (χ3n) is 6.56. The number of quaternary nitrogens is 2. The highest BCUT2D eigenvalue weighted by molar-refractivity contribution is 5.80. The third-order valence-corrected chi connectivity index (χ3v) is 6.56. The lowest BCUT2D eigenvalue weighted by Crippen LogP contribution is -3.30. The molecule has 4 heteroatoms. The molecule has 1 aliphatic carbocycles. The molecule has 1 amide bonds. The molecular formula is C23H37N3O+2. The maximum atomic E-state index is 12.7. The Bertz CT molecular complexity index is 607. The smallest absolute Gasteiger partial charge is 0.278 e. The van der Waals surface area contributed by atoms with Gasteiger partial charge in [0.15, 0.2) is 6.04 Å². The number of carbonyl (C=O) groups excluding carboxylic acids is 1. The van der Waals surface area contributed by atoms with Crippen molar-refractivity contribution in [3.63, 3.8) is 0 Å². The van der Waals surface area contributed by atoms with Crippen LogP contribution in [0.1, 0.15) is 45.1 Å². The Morgan fingerprint density at radius 1 is 1.15 bits per heavy atom. The van der Waals surface area contributed by atoms with Crippen LogP contribution in [0.2, 0.25) is 0 Å². The highest BCUT2D eigenvalue weighted by Gasteiger charge is 2.32. The quantitative estimate of drug-likeness (QED) is 0.672. The van der Waals surface area contributed by atoms with Gasteiger partial charge in [-0.05, 0) is 37.3 Å². The van der Waals surface area contributed by atoms with Gasteiger partial charge in [-0.25, -0.2) is 0 Å². The second-order valence-electron chi connectivity index (χ2n) is 8.52. The van der Waals surface area contributed by atoms with E-state index in [0.717, 1.165) is 39.1 Å². The summed E-state index contributed by atoms with van der Waals surface area (Å²) in [6, 6.07) is 11.0. The summed E-state index contributed by atoms with van der Waals surface area (Å²) in [6.07, 6.45) is 9.49. The summed E-state index contributed by atoms with van der Waals surface area (Å²) in [5.41, 5.74) is 1.27. The summed E-state index contributed by atoms with van der Waals surface area (Å²) in [7, 11) is 0. The molecule has 0 spiro atoms. The number of piperazine rings is 1. The van der Waals surface area contributed by atoms with Gasteiger partial charge in [0.2, 0.25) is 0 Å². The Morgan fingerprint density at radius 3 is 2.56 bits per heavy atom. The predicted molar refractivity (Wildman–Crippen MR) is 111 cm³/mol. The Balaban J connectivity index is 1.40. The van der Waals surface area contributed by atoms with E-state index in [1.807, 2.05) is 0 Å². The Hall–Kier alpha value is -1.65. The van der Waals surface area contributed by atoms with E-state index in [0.29, 0.717) is 12.0 Å². The zero-order valence-electron chi connectivity index (χ0n) is 17.0. The van der Waals surface area contributed by atoms with Crippen molar-refractivity contribution in [3.05, 3.63) is 42.0 Å². The van der Waals surface area contributed by atoms with Crippen molar-refractivity contribution in [3.8, 4) is 0 Å². The van der Waals surface area contributed by atoms with Gasteiger partial charge < -0.3 is 15.1 Å². The maximum absolute atomic E-state index is 12.7. The molecule has 2 fully saturated rings. The standard InChI is InChI=1S/C23H35N3O/c1-19-9-6-7-13-22(19)24-23(27)20(2)26-17-15-25(16-18-26)14-8-12-21-10-4-3-5-11-21/h3-5,8,10-12,19-20,22H,6-7,9,13-18H2,1-2H3,(H,24,27)/p+2/b12-8+/t19-,20-,22-/m1/s1. The number of nitrogens with one attached hydrogen (secondary N) is 3. The fourth-order valence-electron chi connectivity index (χ4n) is 4.51. The van der Waals surface area contributed by atoms with Crippen molar-refractivity contribution in [2.24, 2.45) is 5.92 Å². The van der Waals surface area contributed by atoms with E-state index >= 15 is 0 Å². The van der Waals surface area contributed by atoms with Crippen LogP contribution in [0, 0.1) is 5.92 Å². The highest BCUT2D eigenvalue weighted by atomic mass is 16.2. The first kappa shape index (κ1) is 20.1. The first-order valence-corrected chi connectivity index (χ1v) is 10.8. The zero-order valence-corrected chi connectivity index (χ0v) is 17.0. The van der Waals surface area contributed by atoms with E-state index < -0.39 is 0 Å². The number of carbonyl (C=O) groups is 1. The highest BCUT2D eigenvalue weighted by Crippen LogP contribution is 2.23. The van der Waals surface area contributed by atoms with Crippen LogP contribution in [0.4, 0.5) is 0 Å². The minimum atomic E-state index is 0.0699. The average Bonchev–Trinajstić information content (AvgIpc) is 2.70. The molecule has 0 unspecified atom stereocenters. The first-order chi connectivity index (χ1) is 13.1. The van der Waals surface area contributed by atoms with E-state index in [1.165, 1.54) is 29.7 Å². The molecule has 1 aromatic carbocycles. The van der Waals surface area contributed by atoms with Gasteiger partial charge in [0.05, 0.1) is 6.54 Å². The largest absolute Gasteiger partial charge is 0.348 e. The molecule has 1 aromatic rings. The summed E-state index contributed by atoms with van der Waals surface area (Å²) in [6.45, 7) is 9.93. The van der Waals surface area contributed by atoms with Gasteiger partial charge in [-0.3, -0.25) is 4.79 Å². The van der Waals surface area contributed by atoms with E-state index in [9.17, 15) is 4.79 Å². The summed E-state index contributed by atoms with van der Waals surface area (Å²) < 4.78 is 0. The fourth-order valence-corrected chi connectivity index (χ4v) is 4.51. The number of rotatable bonds is 6. The summed E-state index contributed by atoms with van der Waals surface area (Å²) in [5, 5.41) is 3.35. The first-order valence-electron chi connectivity index (χ1n) is 10.8. The van der Waals surface area contributed by atoms with Crippen molar-refractivity contribution < 1.29 is 14.6 Å². The minimum absolute atomic E-state index is 0.0699. The molecule has 0 bridgehead atoms. The zero-order chi connectivity index (χ0) is 19.1. The van der Waals surface area contributed by atoms with Crippen molar-refractivity contribution in [1.82, 2.24) is 5.32 Å². The van der Waals surface area contributed by atoms with Gasteiger partial charge in [-0.1, -0.05) is 56.2 Å². The van der Waals surface area contributed by atoms with Crippen LogP contribution in [-0.4, -0.2) is 50.7 Å². The molecule has 3 rings (SSSR count). The van der Waals surface area contributed by atoms with Gasteiger partial charge >= 0.3 is 0 Å². The topological polar surface area (TPSA) is 38.0 Å². The van der Waals surface area contributed by atoms with Crippen LogP contribution >= 0.6 is 0 Å². The van der Waals surface area contributed by atoms with Crippen molar-refractivity contribution >= 4 is 12.0 Å². The minimum Gasteiger partial charge on any atom is -0.348 e. The molecule has 4 nitrogen and oxygen atoms in total. The molecule has 1 saturated heterocycles. The van der Waals surface area contributed by atoms with Crippen LogP contribution in [0.3, 0.4) is 0 Å². The molecule has 3 N–H and O–H groups in total. The Labute approximate surface area is 164 Å². The Morgan fingerprint density at radius 2 is 1.85 bits per heavy atom. The van der Waals surface area contributed by atoms with Gasteiger partial charge in [-0.2, -0.15) is 0 Å². The molecule has 148 valence electrons. The molecule has 27 heavy (non-hydrogen) atoms. The van der Waals surface area contributed by atoms with E-state index in [1.54, 1.807) is 4.90 Å². The van der Waals surface area contributed by atoms with Crippen molar-refractivity contribution in [2.45, 2.75) is 51.6 Å². The van der Waals surface area contributed by atoms with Crippen LogP contribution in [0.25, 0.3) is 6.08 Å². The molecule has 1 saturated carbocycles. The lowest BCUT2D eigenvalue weighted by atomic mass is 9.86. The second-order valence-corrected chi connectivity index (χ2v) is 8.52. The molecule has 1 aliphatic heterocycles. The van der Waals surface area contributed by atoms with E-state index in [2.05, 4.69) is 61.6 Å². The molecule has 2 aliphatic rings. The third kappa shape index (κ3) is 5.91. The maximum Gasteiger partial charge on any atom is 0.278 e.